The average molecular weight is 445 g/mol. The summed E-state index contributed by atoms with van der Waals surface area (Å²) < 4.78 is 12.8. The topological polar surface area (TPSA) is 62.1 Å². The summed E-state index contributed by atoms with van der Waals surface area (Å²) in [7, 11) is 3.27. The lowest BCUT2D eigenvalue weighted by Gasteiger charge is -2.08. The molecule has 3 heterocycles. The third-order valence-electron chi connectivity index (χ3n) is 4.29. The second kappa shape index (κ2) is 9.43. The van der Waals surface area contributed by atoms with Crippen molar-refractivity contribution in [3.05, 3.63) is 58.0 Å². The average Bonchev–Trinajstić information content (AvgIpc) is 3.52. The lowest BCUT2D eigenvalue weighted by molar-refractivity contribution is 0.355. The summed E-state index contributed by atoms with van der Waals surface area (Å²) in [5.41, 5.74) is 2.04. The van der Waals surface area contributed by atoms with Gasteiger partial charge >= 0.3 is 0 Å². The maximum Gasteiger partial charge on any atom is 0.191 e. The SMILES string of the molecule is COc1ccc(-c2nc(CSc3nncn3CCc3cccs3)cs2)cc1OC. The quantitative estimate of drug-likeness (QED) is 0.338. The molecule has 0 N–H and O–H groups in total. The number of methoxy groups -OCH3 is 2. The molecule has 0 atom stereocenters. The number of thiophene rings is 1. The van der Waals surface area contributed by atoms with E-state index in [1.807, 2.05) is 18.2 Å². The molecule has 6 nitrogen and oxygen atoms in total. The van der Waals surface area contributed by atoms with Crippen LogP contribution in [0.15, 0.2) is 52.6 Å². The summed E-state index contributed by atoms with van der Waals surface area (Å²) in [6, 6.07) is 10.1. The van der Waals surface area contributed by atoms with E-state index in [-0.39, 0.29) is 0 Å². The highest BCUT2D eigenvalue weighted by Crippen LogP contribution is 2.34. The zero-order valence-electron chi connectivity index (χ0n) is 16.1. The summed E-state index contributed by atoms with van der Waals surface area (Å²) in [4.78, 5) is 6.14. The second-order valence-corrected chi connectivity index (χ2v) is 8.97. The van der Waals surface area contributed by atoms with Crippen LogP contribution in [0.25, 0.3) is 10.6 Å². The standard InChI is InChI=1S/C20H20N4O2S3/c1-25-17-6-5-14(10-18(17)26-2)19-22-15(11-28-19)12-29-20-23-21-13-24(20)8-7-16-4-3-9-27-16/h3-6,9-11,13H,7-8,12H2,1-2H3. The lowest BCUT2D eigenvalue weighted by Crippen LogP contribution is -2.01. The van der Waals surface area contributed by atoms with Crippen LogP contribution in [0.2, 0.25) is 0 Å². The fourth-order valence-electron chi connectivity index (χ4n) is 2.81. The largest absolute Gasteiger partial charge is 0.493 e. The van der Waals surface area contributed by atoms with Gasteiger partial charge in [0.05, 0.1) is 19.9 Å². The first kappa shape index (κ1) is 19.9. The van der Waals surface area contributed by atoms with Crippen molar-refractivity contribution in [2.45, 2.75) is 23.9 Å². The van der Waals surface area contributed by atoms with Crippen molar-refractivity contribution in [2.24, 2.45) is 0 Å². The van der Waals surface area contributed by atoms with Gasteiger partial charge < -0.3 is 14.0 Å². The highest BCUT2D eigenvalue weighted by atomic mass is 32.2. The van der Waals surface area contributed by atoms with E-state index in [1.165, 1.54) is 4.88 Å². The summed E-state index contributed by atoms with van der Waals surface area (Å²) in [5, 5.41) is 14.4. The first-order valence-corrected chi connectivity index (χ1v) is 11.7. The van der Waals surface area contributed by atoms with E-state index in [0.717, 1.165) is 40.1 Å². The Morgan fingerprint density at radius 2 is 2.00 bits per heavy atom. The first-order chi connectivity index (χ1) is 14.3. The zero-order chi connectivity index (χ0) is 20.1. The minimum Gasteiger partial charge on any atom is -0.493 e. The summed E-state index contributed by atoms with van der Waals surface area (Å²) in [6.07, 6.45) is 2.79. The zero-order valence-corrected chi connectivity index (χ0v) is 18.5. The maximum atomic E-state index is 5.40. The molecule has 0 aliphatic rings. The van der Waals surface area contributed by atoms with Gasteiger partial charge in [0.15, 0.2) is 16.7 Å². The normalized spacial score (nSPS) is 11.0. The number of rotatable bonds is 9. The molecule has 0 unspecified atom stereocenters. The molecule has 0 saturated carbocycles. The van der Waals surface area contributed by atoms with Crippen molar-refractivity contribution >= 4 is 34.4 Å². The molecule has 150 valence electrons. The molecule has 4 rings (SSSR count). The van der Waals surface area contributed by atoms with Crippen LogP contribution in [-0.4, -0.2) is 34.0 Å². The number of nitrogens with zero attached hydrogens (tertiary/aromatic N) is 4. The molecular formula is C20H20N4O2S3. The number of hydrogen-bond donors (Lipinski definition) is 0. The number of thiazole rings is 1. The summed E-state index contributed by atoms with van der Waals surface area (Å²) in [5.74, 6) is 2.17. The third-order valence-corrected chi connectivity index (χ3v) is 7.18. The Kier molecular flexibility index (Phi) is 6.48. The predicted molar refractivity (Wildman–Crippen MR) is 118 cm³/mol. The molecule has 0 amide bonds. The molecule has 0 bridgehead atoms. The van der Waals surface area contributed by atoms with Gasteiger partial charge in [0, 0.05) is 28.1 Å². The molecule has 0 fully saturated rings. The third kappa shape index (κ3) is 4.80. The van der Waals surface area contributed by atoms with Crippen LogP contribution < -0.4 is 9.47 Å². The smallest absolute Gasteiger partial charge is 0.191 e. The van der Waals surface area contributed by atoms with Crippen molar-refractivity contribution in [1.29, 1.82) is 0 Å². The first-order valence-electron chi connectivity index (χ1n) is 8.96. The van der Waals surface area contributed by atoms with Crippen LogP contribution in [-0.2, 0) is 18.7 Å². The molecule has 0 aliphatic heterocycles. The number of hydrogen-bond acceptors (Lipinski definition) is 8. The van der Waals surface area contributed by atoms with Gasteiger partial charge in [-0.15, -0.1) is 32.9 Å². The van der Waals surface area contributed by atoms with Gasteiger partial charge in [0.2, 0.25) is 0 Å². The Morgan fingerprint density at radius 1 is 1.10 bits per heavy atom. The predicted octanol–water partition coefficient (Wildman–Crippen LogP) is 5.02. The number of ether oxygens (including phenoxy) is 2. The van der Waals surface area contributed by atoms with E-state index in [2.05, 4.69) is 37.7 Å². The van der Waals surface area contributed by atoms with Crippen molar-refractivity contribution in [1.82, 2.24) is 19.7 Å². The Morgan fingerprint density at radius 3 is 2.79 bits per heavy atom. The minimum atomic E-state index is 0.704. The molecular weight excluding hydrogens is 424 g/mol. The number of benzene rings is 1. The van der Waals surface area contributed by atoms with E-state index >= 15 is 0 Å². The van der Waals surface area contributed by atoms with Crippen molar-refractivity contribution < 1.29 is 9.47 Å². The van der Waals surface area contributed by atoms with E-state index in [1.54, 1.807) is 55.0 Å². The van der Waals surface area contributed by atoms with E-state index in [0.29, 0.717) is 11.5 Å². The van der Waals surface area contributed by atoms with Gasteiger partial charge in [-0.1, -0.05) is 17.8 Å². The van der Waals surface area contributed by atoms with E-state index in [9.17, 15) is 0 Å². The number of thioether (sulfide) groups is 1. The highest BCUT2D eigenvalue weighted by molar-refractivity contribution is 7.98. The van der Waals surface area contributed by atoms with Gasteiger partial charge in [-0.05, 0) is 36.1 Å². The van der Waals surface area contributed by atoms with Crippen molar-refractivity contribution in [3.8, 4) is 22.1 Å². The fraction of sp³-hybridized carbons (Fsp3) is 0.250. The molecule has 0 radical (unpaired) electrons. The number of aryl methyl sites for hydroxylation is 2. The van der Waals surface area contributed by atoms with Crippen LogP contribution in [0, 0.1) is 0 Å². The van der Waals surface area contributed by atoms with Crippen molar-refractivity contribution in [2.75, 3.05) is 14.2 Å². The minimum absolute atomic E-state index is 0.704. The van der Waals surface area contributed by atoms with Gasteiger partial charge in [0.1, 0.15) is 11.3 Å². The van der Waals surface area contributed by atoms with Gasteiger partial charge in [0.25, 0.3) is 0 Å². The molecule has 9 heteroatoms. The van der Waals surface area contributed by atoms with Crippen molar-refractivity contribution in [3.63, 3.8) is 0 Å². The van der Waals surface area contributed by atoms with Crippen LogP contribution in [0.5, 0.6) is 11.5 Å². The Hall–Kier alpha value is -2.36. The van der Waals surface area contributed by atoms with Gasteiger partial charge in [-0.25, -0.2) is 4.98 Å². The monoisotopic (exact) mass is 444 g/mol. The molecule has 0 aliphatic carbocycles. The Bertz CT molecular complexity index is 1060. The van der Waals surface area contributed by atoms with E-state index < -0.39 is 0 Å². The van der Waals surface area contributed by atoms with Crippen LogP contribution >= 0.6 is 34.4 Å². The fourth-order valence-corrected chi connectivity index (χ4v) is 5.26. The summed E-state index contributed by atoms with van der Waals surface area (Å²) >= 11 is 5.06. The molecule has 3 aromatic heterocycles. The Labute approximate surface area is 181 Å². The molecule has 0 spiro atoms. The van der Waals surface area contributed by atoms with E-state index in [4.69, 9.17) is 14.5 Å². The van der Waals surface area contributed by atoms with Crippen LogP contribution in [0.3, 0.4) is 0 Å². The van der Waals surface area contributed by atoms with Crippen LogP contribution in [0.1, 0.15) is 10.6 Å². The van der Waals surface area contributed by atoms with Crippen LogP contribution in [0.4, 0.5) is 0 Å². The Balaban J connectivity index is 1.40. The molecule has 1 aromatic carbocycles. The number of aromatic nitrogens is 4. The lowest BCUT2D eigenvalue weighted by atomic mass is 10.2. The van der Waals surface area contributed by atoms with Gasteiger partial charge in [-0.3, -0.25) is 0 Å². The molecule has 4 aromatic rings. The molecule has 0 saturated heterocycles. The molecule has 29 heavy (non-hydrogen) atoms. The maximum absolute atomic E-state index is 5.40. The summed E-state index contributed by atoms with van der Waals surface area (Å²) in [6.45, 7) is 0.879. The van der Waals surface area contributed by atoms with Gasteiger partial charge in [-0.2, -0.15) is 0 Å². The highest BCUT2D eigenvalue weighted by Gasteiger charge is 2.11. The second-order valence-electron chi connectivity index (χ2n) is 6.14.